The van der Waals surface area contributed by atoms with E-state index in [0.29, 0.717) is 29.9 Å². The highest BCUT2D eigenvalue weighted by atomic mass is 16.5. The minimum Gasteiger partial charge on any atom is -0.400 e. The molecule has 47 heavy (non-hydrogen) atoms. The topological polar surface area (TPSA) is 131 Å². The number of piperidine rings is 1. The number of aliphatic hydroxyl groups is 2. The van der Waals surface area contributed by atoms with E-state index < -0.39 is 49.7 Å². The second kappa shape index (κ2) is 12.2. The summed E-state index contributed by atoms with van der Waals surface area (Å²) >= 11 is 0. The van der Waals surface area contributed by atoms with Crippen LogP contribution in [0.1, 0.15) is 27.0 Å². The fourth-order valence-corrected chi connectivity index (χ4v) is 6.96. The normalized spacial score (nSPS) is 27.5. The zero-order chi connectivity index (χ0) is 35.6. The fraction of sp³-hybridized carbons (Fsp3) is 0.423. The summed E-state index contributed by atoms with van der Waals surface area (Å²) < 4.78 is 6.40. The lowest BCUT2D eigenvalue weighted by molar-refractivity contribution is -0.220. The van der Waals surface area contributed by atoms with Crippen molar-refractivity contribution in [2.75, 3.05) is 12.4 Å². The number of carbonyl (C=O) groups is 3. The van der Waals surface area contributed by atoms with Gasteiger partial charge in [-0.05, 0) is 45.6 Å². The van der Waals surface area contributed by atoms with Gasteiger partial charge >= 0.3 is 0 Å². The Morgan fingerprint density at radius 2 is 1.45 bits per heavy atom. The van der Waals surface area contributed by atoms with Gasteiger partial charge in [-0.25, -0.2) is 0 Å². The molecule has 21 heteroatoms. The first-order chi connectivity index (χ1) is 21.4. The number of amides is 2. The van der Waals surface area contributed by atoms with Crippen LogP contribution in [0.5, 0.6) is 0 Å². The smallest absolute Gasteiger partial charge is 0.273 e. The van der Waals surface area contributed by atoms with Crippen LogP contribution in [-0.4, -0.2) is 159 Å². The van der Waals surface area contributed by atoms with Crippen LogP contribution in [0.3, 0.4) is 0 Å². The van der Waals surface area contributed by atoms with E-state index in [1.54, 1.807) is 50.6 Å². The predicted octanol–water partition coefficient (Wildman–Crippen LogP) is -10.5. The van der Waals surface area contributed by atoms with Gasteiger partial charge in [0.25, 0.3) is 5.91 Å². The molecule has 2 heterocycles. The molecule has 0 saturated carbocycles. The Kier molecular flexibility index (Phi) is 9.67. The largest absolute Gasteiger partial charge is 0.400 e. The summed E-state index contributed by atoms with van der Waals surface area (Å²) in [5.41, 5.74) is 0.539. The number of ether oxygens (including phenoxy) is 1. The number of imide groups is 1. The highest BCUT2D eigenvalue weighted by Crippen LogP contribution is 2.54. The van der Waals surface area contributed by atoms with Crippen LogP contribution in [0.15, 0.2) is 42.5 Å². The molecule has 2 saturated heterocycles. The summed E-state index contributed by atoms with van der Waals surface area (Å²) in [5, 5.41) is 25.4. The van der Waals surface area contributed by atoms with E-state index in [0.717, 1.165) is 17.4 Å². The van der Waals surface area contributed by atoms with Crippen molar-refractivity contribution in [2.45, 2.75) is 57.5 Å². The van der Waals surface area contributed by atoms with Crippen molar-refractivity contribution < 1.29 is 29.3 Å². The molecule has 2 atom stereocenters. The lowest BCUT2D eigenvalue weighted by Crippen LogP contribution is -2.85. The van der Waals surface area contributed by atoms with E-state index in [1.807, 2.05) is 41.7 Å². The van der Waals surface area contributed by atoms with E-state index in [9.17, 15) is 24.6 Å². The van der Waals surface area contributed by atoms with Gasteiger partial charge in [0.15, 0.2) is 13.6 Å². The molecule has 10 nitrogen and oxygen atoms in total. The van der Waals surface area contributed by atoms with E-state index in [2.05, 4.69) is 59.1 Å². The molecule has 0 radical (unpaired) electrons. The SMILES string of the molecule is BC1(B)OC(B)(B)C(B)(O)N(Cc2ccc(CNc3cccc(C=O)c3CN(C)C3(O)C(=O)NC(=O)C(B)(B)C3(B)B)cc2)C1(B)B. The lowest BCUT2D eigenvalue weighted by Gasteiger charge is -2.67. The number of aldehydes is 1. The summed E-state index contributed by atoms with van der Waals surface area (Å²) in [4.78, 5) is 41.6. The minimum atomic E-state index is -2.03. The van der Waals surface area contributed by atoms with Crippen molar-refractivity contribution in [1.82, 2.24) is 15.1 Å². The molecule has 2 aliphatic heterocycles. The van der Waals surface area contributed by atoms with Crippen molar-refractivity contribution in [3.8, 4) is 0 Å². The number of carbonyl (C=O) groups excluding carboxylic acids is 3. The number of anilines is 1. The number of likely N-dealkylation sites (N-methyl/N-ethyl adjacent to an activating group) is 1. The molecular weight excluding hydrogens is 583 g/mol. The first kappa shape index (κ1) is 37.4. The maximum atomic E-state index is 13.2. The van der Waals surface area contributed by atoms with Crippen LogP contribution in [0.4, 0.5) is 5.69 Å². The number of benzene rings is 2. The van der Waals surface area contributed by atoms with Gasteiger partial charge < -0.3 is 20.3 Å². The second-order valence-corrected chi connectivity index (χ2v) is 16.0. The van der Waals surface area contributed by atoms with Crippen molar-refractivity contribution in [3.63, 3.8) is 0 Å². The zero-order valence-electron chi connectivity index (χ0n) is 30.2. The van der Waals surface area contributed by atoms with Gasteiger partial charge in [-0.15, -0.1) is 0 Å². The van der Waals surface area contributed by atoms with Gasteiger partial charge in [0.2, 0.25) is 5.91 Å². The summed E-state index contributed by atoms with van der Waals surface area (Å²) in [6.07, 6.45) is 0.761. The molecule has 2 aromatic rings. The predicted molar refractivity (Wildman–Crippen MR) is 214 cm³/mol. The first-order valence-electron chi connectivity index (χ1n) is 16.3. The van der Waals surface area contributed by atoms with E-state index in [4.69, 9.17) is 4.74 Å². The Labute approximate surface area is 288 Å². The number of nitrogens with zero attached hydrogens (tertiary/aromatic N) is 2. The Morgan fingerprint density at radius 1 is 0.872 bits per heavy atom. The van der Waals surface area contributed by atoms with Gasteiger partial charge in [0.1, 0.15) is 84.7 Å². The van der Waals surface area contributed by atoms with Crippen molar-refractivity contribution >= 4 is 110 Å². The third-order valence-electron chi connectivity index (χ3n) is 12.0. The number of rotatable bonds is 9. The summed E-state index contributed by atoms with van der Waals surface area (Å²) in [6, 6.07) is 13.5. The number of morpholine rings is 1. The van der Waals surface area contributed by atoms with Gasteiger partial charge in [-0.3, -0.25) is 29.5 Å². The molecule has 236 valence electrons. The maximum absolute atomic E-state index is 13.2. The molecule has 0 spiro atoms. The number of nitrogens with one attached hydrogen (secondary N) is 2. The molecule has 2 aromatic carbocycles. The second-order valence-electron chi connectivity index (χ2n) is 16.0. The lowest BCUT2D eigenvalue weighted by atomic mass is 9.25. The average molecular weight is 627 g/mol. The maximum Gasteiger partial charge on any atom is 0.273 e. The molecule has 0 aromatic heterocycles. The van der Waals surface area contributed by atoms with Crippen molar-refractivity contribution in [2.24, 2.45) is 0 Å². The van der Waals surface area contributed by atoms with Crippen LogP contribution >= 0.6 is 0 Å². The van der Waals surface area contributed by atoms with Crippen LogP contribution in [0.25, 0.3) is 0 Å². The first-order valence-corrected chi connectivity index (χ1v) is 16.3. The van der Waals surface area contributed by atoms with Crippen molar-refractivity contribution in [3.05, 3.63) is 64.7 Å². The Hall–Kier alpha value is -2.44. The van der Waals surface area contributed by atoms with Crippen LogP contribution in [0.2, 0.25) is 10.4 Å². The molecular formula is C26H43B11N4O6. The summed E-state index contributed by atoms with van der Waals surface area (Å²) in [7, 11) is 22.4. The number of hydrogen-bond acceptors (Lipinski definition) is 9. The molecule has 2 aliphatic rings. The van der Waals surface area contributed by atoms with Gasteiger partial charge in [-0.2, -0.15) is 0 Å². The van der Waals surface area contributed by atoms with Crippen molar-refractivity contribution in [1.29, 1.82) is 0 Å². The molecule has 2 fully saturated rings. The molecule has 4 N–H and O–H groups in total. The Balaban J connectivity index is 1.55. The zero-order valence-corrected chi connectivity index (χ0v) is 30.2. The monoisotopic (exact) mass is 628 g/mol. The third kappa shape index (κ3) is 5.94. The van der Waals surface area contributed by atoms with Crippen LogP contribution in [0, 0.1) is 0 Å². The molecule has 2 unspecified atom stereocenters. The third-order valence-corrected chi connectivity index (χ3v) is 12.0. The van der Waals surface area contributed by atoms with Gasteiger partial charge in [0.05, 0.1) is 5.62 Å². The molecule has 0 aliphatic carbocycles. The van der Waals surface area contributed by atoms with Gasteiger partial charge in [-0.1, -0.05) is 36.4 Å². The Bertz CT molecular complexity index is 1550. The Morgan fingerprint density at radius 3 is 2.02 bits per heavy atom. The van der Waals surface area contributed by atoms with Crippen LogP contribution < -0.4 is 10.6 Å². The highest BCUT2D eigenvalue weighted by molar-refractivity contribution is 6.64. The number of hydrogen-bond donors (Lipinski definition) is 4. The van der Waals surface area contributed by atoms with E-state index in [1.165, 1.54) is 4.90 Å². The quantitative estimate of drug-likeness (QED) is 0.0928. The molecule has 2 amide bonds. The average Bonchev–Trinajstić information content (AvgIpc) is 2.96. The summed E-state index contributed by atoms with van der Waals surface area (Å²) in [6.45, 7) is 1.05. The standard InChI is InChI=1S/C26H43B11N4O6/c1-40(21(45)19(44)39-18(43)20(27,28)22(21,29)30)11-16-15(12-42)3-2-4-17(16)38-9-13-5-7-14(8-6-13)10-41-23(31,32)24(33,34)47-25(35,36)26(41,37)46/h2-8,12,38,45-46H,9-11,27-37H2,1H3,(H,39,43,44). The minimum absolute atomic E-state index is 0.0652. The highest BCUT2D eigenvalue weighted by Gasteiger charge is 2.64. The van der Waals surface area contributed by atoms with E-state index >= 15 is 0 Å². The van der Waals surface area contributed by atoms with E-state index in [-0.39, 0.29) is 6.54 Å². The summed E-state index contributed by atoms with van der Waals surface area (Å²) in [5.74, 6) is -1.24. The van der Waals surface area contributed by atoms with Crippen LogP contribution in [-0.2, 0) is 34.0 Å². The molecule has 0 bridgehead atoms. The van der Waals surface area contributed by atoms with Gasteiger partial charge in [0, 0.05) is 41.7 Å². The fourth-order valence-electron chi connectivity index (χ4n) is 6.96. The molecule has 4 rings (SSSR count).